The second kappa shape index (κ2) is 7.61. The van der Waals surface area contributed by atoms with Crippen molar-refractivity contribution >= 4 is 27.3 Å². The number of amides is 1. The van der Waals surface area contributed by atoms with Gasteiger partial charge in [0.05, 0.1) is 10.5 Å². The molecule has 1 aromatic carbocycles. The molecule has 1 fully saturated rings. The first-order chi connectivity index (χ1) is 13.4. The molecule has 1 aliphatic heterocycles. The summed E-state index contributed by atoms with van der Waals surface area (Å²) in [6.45, 7) is 5.75. The van der Waals surface area contributed by atoms with Crippen LogP contribution in [0.4, 0.5) is 0 Å². The van der Waals surface area contributed by atoms with Crippen molar-refractivity contribution in [3.8, 4) is 0 Å². The lowest BCUT2D eigenvalue weighted by Crippen LogP contribution is -2.50. The van der Waals surface area contributed by atoms with Crippen molar-refractivity contribution in [2.24, 2.45) is 5.92 Å². The molecule has 28 heavy (non-hydrogen) atoms. The van der Waals surface area contributed by atoms with Crippen LogP contribution < -0.4 is 0 Å². The van der Waals surface area contributed by atoms with Gasteiger partial charge in [0.2, 0.25) is 10.0 Å². The molecule has 5 nitrogen and oxygen atoms in total. The van der Waals surface area contributed by atoms with Crippen LogP contribution in [0.5, 0.6) is 0 Å². The highest BCUT2D eigenvalue weighted by molar-refractivity contribution is 7.89. The van der Waals surface area contributed by atoms with Gasteiger partial charge in [-0.05, 0) is 49.8 Å². The van der Waals surface area contributed by atoms with Crippen LogP contribution in [0.25, 0.3) is 0 Å². The third-order valence-corrected chi connectivity index (χ3v) is 8.78. The first-order valence-electron chi connectivity index (χ1n) is 9.81. The van der Waals surface area contributed by atoms with E-state index in [1.165, 1.54) is 14.7 Å². The van der Waals surface area contributed by atoms with Crippen molar-refractivity contribution in [3.63, 3.8) is 0 Å². The zero-order valence-corrected chi connectivity index (χ0v) is 18.0. The van der Waals surface area contributed by atoms with Crippen LogP contribution in [0, 0.1) is 12.8 Å². The summed E-state index contributed by atoms with van der Waals surface area (Å²) >= 11 is 1.70. The number of hydrogen-bond donors (Lipinski definition) is 0. The number of hydrogen-bond acceptors (Lipinski definition) is 4. The minimum Gasteiger partial charge on any atom is -0.336 e. The summed E-state index contributed by atoms with van der Waals surface area (Å²) in [5.74, 6) is 0.740. The maximum absolute atomic E-state index is 13.0. The number of sulfonamides is 1. The normalized spacial score (nSPS) is 20.8. The van der Waals surface area contributed by atoms with Gasteiger partial charge in [-0.2, -0.15) is 4.31 Å². The molecule has 4 rings (SSSR count). The number of aryl methyl sites for hydroxylation is 1. The summed E-state index contributed by atoms with van der Waals surface area (Å²) in [7, 11) is -3.50. The van der Waals surface area contributed by atoms with E-state index in [1.54, 1.807) is 23.5 Å². The third-order valence-electron chi connectivity index (χ3n) is 5.82. The van der Waals surface area contributed by atoms with Crippen LogP contribution in [-0.2, 0) is 22.9 Å². The average Bonchev–Trinajstić information content (AvgIpc) is 3.11. The average molecular weight is 419 g/mol. The Labute approximate surface area is 171 Å². The second-order valence-electron chi connectivity index (χ2n) is 7.91. The molecule has 2 aromatic rings. The molecule has 1 aliphatic carbocycles. The van der Waals surface area contributed by atoms with Crippen molar-refractivity contribution < 1.29 is 13.2 Å². The lowest BCUT2D eigenvalue weighted by molar-refractivity contribution is 0.0697. The first kappa shape index (κ1) is 19.6. The molecule has 150 valence electrons. The molecule has 0 radical (unpaired) electrons. The fourth-order valence-electron chi connectivity index (χ4n) is 4.02. The summed E-state index contributed by atoms with van der Waals surface area (Å²) in [5, 5.41) is 2.00. The highest BCUT2D eigenvalue weighted by Crippen LogP contribution is 2.33. The molecule has 2 aliphatic rings. The predicted octanol–water partition coefficient (Wildman–Crippen LogP) is 3.33. The van der Waals surface area contributed by atoms with Crippen LogP contribution in [0.3, 0.4) is 0 Å². The van der Waals surface area contributed by atoms with E-state index in [1.807, 2.05) is 29.3 Å². The summed E-state index contributed by atoms with van der Waals surface area (Å²) in [5.41, 5.74) is 3.09. The van der Waals surface area contributed by atoms with Crippen molar-refractivity contribution in [2.75, 3.05) is 26.2 Å². The smallest absolute Gasteiger partial charge is 0.255 e. The minimum absolute atomic E-state index is 0.0550. The van der Waals surface area contributed by atoms with Crippen LogP contribution in [-0.4, -0.2) is 49.7 Å². The number of rotatable bonds is 3. The summed E-state index contributed by atoms with van der Waals surface area (Å²) in [6.07, 6.45) is 3.17. The minimum atomic E-state index is -3.50. The third kappa shape index (κ3) is 3.63. The topological polar surface area (TPSA) is 57.7 Å². The molecule has 1 atom stereocenters. The number of nitrogens with zero attached hydrogens (tertiary/aromatic N) is 2. The van der Waals surface area contributed by atoms with Gasteiger partial charge in [-0.25, -0.2) is 8.42 Å². The number of piperazine rings is 1. The largest absolute Gasteiger partial charge is 0.336 e. The van der Waals surface area contributed by atoms with Gasteiger partial charge in [0.15, 0.2) is 0 Å². The molecular weight excluding hydrogens is 392 g/mol. The van der Waals surface area contributed by atoms with Crippen molar-refractivity contribution in [2.45, 2.75) is 38.0 Å². The maximum Gasteiger partial charge on any atom is 0.255 e. The van der Waals surface area contributed by atoms with Crippen molar-refractivity contribution in [1.29, 1.82) is 0 Å². The molecule has 1 amide bonds. The van der Waals surface area contributed by atoms with E-state index in [2.05, 4.69) is 6.92 Å². The summed E-state index contributed by atoms with van der Waals surface area (Å²) < 4.78 is 27.2. The Kier molecular flexibility index (Phi) is 5.33. The van der Waals surface area contributed by atoms with Gasteiger partial charge in [-0.15, -0.1) is 11.3 Å². The zero-order valence-electron chi connectivity index (χ0n) is 16.3. The summed E-state index contributed by atoms with van der Waals surface area (Å²) in [6, 6.07) is 6.93. The van der Waals surface area contributed by atoms with Crippen LogP contribution in [0.2, 0.25) is 0 Å². The molecule has 1 saturated heterocycles. The number of fused-ring (bicyclic) bond motifs is 1. The Morgan fingerprint density at radius 1 is 1.11 bits per heavy atom. The van der Waals surface area contributed by atoms with Gasteiger partial charge in [0.1, 0.15) is 0 Å². The van der Waals surface area contributed by atoms with Gasteiger partial charge in [0, 0.05) is 36.4 Å². The van der Waals surface area contributed by atoms with E-state index in [0.29, 0.717) is 37.0 Å². The fraction of sp³-hybridized carbons (Fsp3) is 0.476. The van der Waals surface area contributed by atoms with Crippen LogP contribution in [0.1, 0.15) is 39.7 Å². The monoisotopic (exact) mass is 418 g/mol. The van der Waals surface area contributed by atoms with E-state index in [4.69, 9.17) is 0 Å². The van der Waals surface area contributed by atoms with Crippen LogP contribution in [0.15, 0.2) is 34.5 Å². The van der Waals surface area contributed by atoms with E-state index in [9.17, 15) is 13.2 Å². The number of benzene rings is 1. The maximum atomic E-state index is 13.0. The van der Waals surface area contributed by atoms with Crippen molar-refractivity contribution in [3.05, 3.63) is 51.2 Å². The second-order valence-corrected chi connectivity index (χ2v) is 10.8. The quantitative estimate of drug-likeness (QED) is 0.768. The van der Waals surface area contributed by atoms with Gasteiger partial charge in [-0.3, -0.25) is 4.79 Å². The van der Waals surface area contributed by atoms with Gasteiger partial charge in [-0.1, -0.05) is 24.6 Å². The highest BCUT2D eigenvalue weighted by atomic mass is 32.2. The number of carbonyl (C=O) groups is 1. The van der Waals surface area contributed by atoms with E-state index < -0.39 is 10.0 Å². The van der Waals surface area contributed by atoms with E-state index in [-0.39, 0.29) is 5.91 Å². The molecule has 1 aromatic heterocycles. The first-order valence-corrected chi connectivity index (χ1v) is 12.1. The van der Waals surface area contributed by atoms with Crippen LogP contribution >= 0.6 is 11.3 Å². The Morgan fingerprint density at radius 2 is 1.79 bits per heavy atom. The Bertz CT molecular complexity index is 972. The van der Waals surface area contributed by atoms with Gasteiger partial charge < -0.3 is 4.90 Å². The Morgan fingerprint density at radius 3 is 2.46 bits per heavy atom. The van der Waals surface area contributed by atoms with Gasteiger partial charge >= 0.3 is 0 Å². The molecule has 0 spiro atoms. The van der Waals surface area contributed by atoms with Crippen molar-refractivity contribution in [1.82, 2.24) is 9.21 Å². The summed E-state index contributed by atoms with van der Waals surface area (Å²) in [4.78, 5) is 16.5. The molecule has 7 heteroatoms. The molecule has 2 heterocycles. The standard InChI is InChI=1S/C21H26N2O3S2/c1-15-3-6-17(7-4-15)28(25,26)23-11-9-22(10-12-23)21(24)19-14-27-20-13-16(2)5-8-18(19)20/h3-4,6-7,14,16H,5,8-13H2,1-2H3/t16-/m1/s1. The number of thiophene rings is 1. The fourth-order valence-corrected chi connectivity index (χ4v) is 6.68. The lowest BCUT2D eigenvalue weighted by atomic mass is 9.88. The number of carbonyl (C=O) groups excluding carboxylic acids is 1. The predicted molar refractivity (Wildman–Crippen MR) is 111 cm³/mol. The van der Waals surface area contributed by atoms with E-state index in [0.717, 1.165) is 30.4 Å². The zero-order chi connectivity index (χ0) is 19.9. The molecular formula is C21H26N2O3S2. The van der Waals surface area contributed by atoms with Gasteiger partial charge in [0.25, 0.3) is 5.91 Å². The molecule has 0 N–H and O–H groups in total. The Hall–Kier alpha value is -1.70. The SMILES string of the molecule is Cc1ccc(S(=O)(=O)N2CCN(C(=O)c3csc4c3CC[C@@H](C)C4)CC2)cc1. The van der Waals surface area contributed by atoms with E-state index >= 15 is 0 Å². The molecule has 0 bridgehead atoms. The molecule has 0 unspecified atom stereocenters. The lowest BCUT2D eigenvalue weighted by Gasteiger charge is -2.34. The highest BCUT2D eigenvalue weighted by Gasteiger charge is 2.32. The molecule has 0 saturated carbocycles. The Balaban J connectivity index is 1.44.